The lowest BCUT2D eigenvalue weighted by Gasteiger charge is -2.25. The predicted octanol–water partition coefficient (Wildman–Crippen LogP) is 1.55. The SMILES string of the molecule is NCCCSc1ccc(CN2CCOCC2)o1. The lowest BCUT2D eigenvalue weighted by molar-refractivity contribution is 0.0309. The van der Waals surface area contributed by atoms with Crippen LogP contribution in [-0.4, -0.2) is 43.5 Å². The normalized spacial score (nSPS) is 17.5. The molecule has 0 bridgehead atoms. The molecule has 1 fully saturated rings. The second-order valence-electron chi connectivity index (χ2n) is 4.10. The van der Waals surface area contributed by atoms with Gasteiger partial charge in [0.25, 0.3) is 0 Å². The number of furan rings is 1. The van der Waals surface area contributed by atoms with Crippen LogP contribution in [0, 0.1) is 0 Å². The summed E-state index contributed by atoms with van der Waals surface area (Å²) >= 11 is 1.74. The molecular formula is C12H20N2O2S. The van der Waals surface area contributed by atoms with Gasteiger partial charge in [0.15, 0.2) is 5.09 Å². The van der Waals surface area contributed by atoms with Gasteiger partial charge in [-0.1, -0.05) is 11.8 Å². The third-order valence-electron chi connectivity index (χ3n) is 2.71. The maximum Gasteiger partial charge on any atom is 0.160 e. The monoisotopic (exact) mass is 256 g/mol. The van der Waals surface area contributed by atoms with Gasteiger partial charge in [0.05, 0.1) is 19.8 Å². The van der Waals surface area contributed by atoms with Gasteiger partial charge in [-0.25, -0.2) is 0 Å². The molecule has 1 aromatic rings. The van der Waals surface area contributed by atoms with Gasteiger partial charge in [0.2, 0.25) is 0 Å². The van der Waals surface area contributed by atoms with E-state index >= 15 is 0 Å². The molecule has 0 aromatic carbocycles. The molecule has 1 aliphatic heterocycles. The summed E-state index contributed by atoms with van der Waals surface area (Å²) < 4.78 is 11.1. The van der Waals surface area contributed by atoms with Crippen LogP contribution < -0.4 is 5.73 Å². The summed E-state index contributed by atoms with van der Waals surface area (Å²) in [5.74, 6) is 2.07. The molecule has 0 atom stereocenters. The summed E-state index contributed by atoms with van der Waals surface area (Å²) in [6.07, 6.45) is 1.03. The number of hydrogen-bond donors (Lipinski definition) is 1. The van der Waals surface area contributed by atoms with Gasteiger partial charge < -0.3 is 14.9 Å². The van der Waals surface area contributed by atoms with Gasteiger partial charge in [-0.3, -0.25) is 4.90 Å². The molecule has 0 amide bonds. The van der Waals surface area contributed by atoms with E-state index in [1.807, 2.05) is 0 Å². The smallest absolute Gasteiger partial charge is 0.160 e. The van der Waals surface area contributed by atoms with Gasteiger partial charge in [0.1, 0.15) is 5.76 Å². The van der Waals surface area contributed by atoms with Gasteiger partial charge in [-0.15, -0.1) is 0 Å². The van der Waals surface area contributed by atoms with Crippen molar-refractivity contribution in [1.29, 1.82) is 0 Å². The predicted molar refractivity (Wildman–Crippen MR) is 69.2 cm³/mol. The molecule has 0 saturated carbocycles. The van der Waals surface area contributed by atoms with E-state index in [4.69, 9.17) is 14.9 Å². The first-order valence-corrected chi connectivity index (χ1v) is 7.09. The van der Waals surface area contributed by atoms with Crippen molar-refractivity contribution in [3.05, 3.63) is 17.9 Å². The van der Waals surface area contributed by atoms with Crippen molar-refractivity contribution in [2.24, 2.45) is 5.73 Å². The maximum absolute atomic E-state index is 5.77. The first-order chi connectivity index (χ1) is 8.38. The second-order valence-corrected chi connectivity index (χ2v) is 5.20. The highest BCUT2D eigenvalue weighted by Gasteiger charge is 2.12. The summed E-state index contributed by atoms with van der Waals surface area (Å²) in [7, 11) is 0. The molecule has 2 heterocycles. The zero-order valence-electron chi connectivity index (χ0n) is 10.1. The highest BCUT2D eigenvalue weighted by atomic mass is 32.2. The Hall–Kier alpha value is -0.490. The Bertz CT molecular complexity index is 324. The molecular weight excluding hydrogens is 236 g/mol. The lowest BCUT2D eigenvalue weighted by atomic mass is 10.3. The molecule has 2 N–H and O–H groups in total. The molecule has 0 aliphatic carbocycles. The number of thioether (sulfide) groups is 1. The number of ether oxygens (including phenoxy) is 1. The summed E-state index contributed by atoms with van der Waals surface area (Å²) in [5.41, 5.74) is 5.46. The fourth-order valence-corrected chi connectivity index (χ4v) is 2.60. The summed E-state index contributed by atoms with van der Waals surface area (Å²) in [5, 5.41) is 1.00. The zero-order valence-corrected chi connectivity index (χ0v) is 10.9. The molecule has 0 spiro atoms. The van der Waals surface area contributed by atoms with Gasteiger partial charge in [-0.05, 0) is 25.1 Å². The molecule has 1 aliphatic rings. The second kappa shape index (κ2) is 7.06. The molecule has 1 saturated heterocycles. The third kappa shape index (κ3) is 4.35. The Morgan fingerprint density at radius 2 is 2.12 bits per heavy atom. The Morgan fingerprint density at radius 1 is 1.29 bits per heavy atom. The topological polar surface area (TPSA) is 51.6 Å². The van der Waals surface area contributed by atoms with Gasteiger partial charge in [0, 0.05) is 18.8 Å². The largest absolute Gasteiger partial charge is 0.454 e. The van der Waals surface area contributed by atoms with Crippen LogP contribution in [-0.2, 0) is 11.3 Å². The summed E-state index contributed by atoms with van der Waals surface area (Å²) in [4.78, 5) is 2.36. The van der Waals surface area contributed by atoms with E-state index in [1.54, 1.807) is 11.8 Å². The zero-order chi connectivity index (χ0) is 11.9. The number of nitrogens with zero attached hydrogens (tertiary/aromatic N) is 1. The van der Waals surface area contributed by atoms with Crippen LogP contribution in [0.15, 0.2) is 21.6 Å². The Kier molecular flexibility index (Phi) is 5.38. The molecule has 5 heteroatoms. The average molecular weight is 256 g/mol. The molecule has 0 radical (unpaired) electrons. The Labute approximate surface area is 106 Å². The number of nitrogens with two attached hydrogens (primary N) is 1. The van der Waals surface area contributed by atoms with E-state index in [2.05, 4.69) is 17.0 Å². The molecule has 2 rings (SSSR count). The highest BCUT2D eigenvalue weighted by Crippen LogP contribution is 2.22. The summed E-state index contributed by atoms with van der Waals surface area (Å²) in [6, 6.07) is 4.12. The van der Waals surface area contributed by atoms with Crippen LogP contribution in [0.5, 0.6) is 0 Å². The highest BCUT2D eigenvalue weighted by molar-refractivity contribution is 7.99. The fourth-order valence-electron chi connectivity index (χ4n) is 1.76. The van der Waals surface area contributed by atoms with Gasteiger partial charge >= 0.3 is 0 Å². The van der Waals surface area contributed by atoms with Crippen LogP contribution in [0.25, 0.3) is 0 Å². The van der Waals surface area contributed by atoms with Crippen LogP contribution in [0.1, 0.15) is 12.2 Å². The summed E-state index contributed by atoms with van der Waals surface area (Å²) in [6.45, 7) is 5.29. The van der Waals surface area contributed by atoms with Crippen molar-refractivity contribution in [1.82, 2.24) is 4.90 Å². The van der Waals surface area contributed by atoms with Crippen molar-refractivity contribution >= 4 is 11.8 Å². The minimum atomic E-state index is 0.744. The number of hydrogen-bond acceptors (Lipinski definition) is 5. The Morgan fingerprint density at radius 3 is 2.88 bits per heavy atom. The van der Waals surface area contributed by atoms with E-state index in [1.165, 1.54) is 0 Å². The molecule has 0 unspecified atom stereocenters. The minimum Gasteiger partial charge on any atom is -0.454 e. The van der Waals surface area contributed by atoms with E-state index in [0.29, 0.717) is 0 Å². The van der Waals surface area contributed by atoms with Crippen LogP contribution in [0.2, 0.25) is 0 Å². The van der Waals surface area contributed by atoms with E-state index in [-0.39, 0.29) is 0 Å². The third-order valence-corrected chi connectivity index (χ3v) is 3.71. The van der Waals surface area contributed by atoms with E-state index < -0.39 is 0 Å². The van der Waals surface area contributed by atoms with Crippen molar-refractivity contribution in [2.75, 3.05) is 38.6 Å². The van der Waals surface area contributed by atoms with Crippen molar-refractivity contribution in [2.45, 2.75) is 18.1 Å². The van der Waals surface area contributed by atoms with E-state index in [0.717, 1.165) is 62.4 Å². The number of rotatable bonds is 6. The maximum atomic E-state index is 5.77. The molecule has 17 heavy (non-hydrogen) atoms. The quantitative estimate of drug-likeness (QED) is 0.618. The molecule has 96 valence electrons. The number of morpholine rings is 1. The van der Waals surface area contributed by atoms with Gasteiger partial charge in [-0.2, -0.15) is 0 Å². The van der Waals surface area contributed by atoms with E-state index in [9.17, 15) is 0 Å². The van der Waals surface area contributed by atoms with Crippen LogP contribution in [0.3, 0.4) is 0 Å². The first kappa shape index (κ1) is 13.0. The molecule has 1 aromatic heterocycles. The van der Waals surface area contributed by atoms with Crippen LogP contribution >= 0.6 is 11.8 Å². The first-order valence-electron chi connectivity index (χ1n) is 6.10. The van der Waals surface area contributed by atoms with Crippen molar-refractivity contribution < 1.29 is 9.15 Å². The average Bonchev–Trinajstić information content (AvgIpc) is 2.79. The fraction of sp³-hybridized carbons (Fsp3) is 0.667. The van der Waals surface area contributed by atoms with Crippen LogP contribution in [0.4, 0.5) is 0 Å². The van der Waals surface area contributed by atoms with Crippen molar-refractivity contribution in [3.63, 3.8) is 0 Å². The lowest BCUT2D eigenvalue weighted by Crippen LogP contribution is -2.35. The van der Waals surface area contributed by atoms with Crippen molar-refractivity contribution in [3.8, 4) is 0 Å². The standard InChI is InChI=1S/C12H20N2O2S/c13-4-1-9-17-12-3-2-11(16-12)10-14-5-7-15-8-6-14/h2-3H,1,4-10,13H2. The minimum absolute atomic E-state index is 0.744. The molecule has 4 nitrogen and oxygen atoms in total. The Balaban J connectivity index is 1.76.